The first-order valence-corrected chi connectivity index (χ1v) is 7.59. The van der Waals surface area contributed by atoms with E-state index in [-0.39, 0.29) is 0 Å². The van der Waals surface area contributed by atoms with Crippen LogP contribution in [0.3, 0.4) is 0 Å². The first kappa shape index (κ1) is 12.9. The smallest absolute Gasteiger partial charge is 0.166 e. The molecule has 102 valence electrons. The number of ketones is 1. The molecule has 1 N–H and O–H groups in total. The fraction of sp³-hybridized carbons (Fsp3) is 0.588. The molecule has 2 fully saturated rings. The number of hydrogen-bond acceptors (Lipinski definition) is 2. The highest BCUT2D eigenvalue weighted by Crippen LogP contribution is 2.59. The average Bonchev–Trinajstić information content (AvgIpc) is 3.13. The van der Waals surface area contributed by atoms with Gasteiger partial charge in [0.05, 0.1) is 0 Å². The molecule has 1 aromatic carbocycles. The van der Waals surface area contributed by atoms with Gasteiger partial charge in [0.25, 0.3) is 0 Å². The quantitative estimate of drug-likeness (QED) is 0.839. The summed E-state index contributed by atoms with van der Waals surface area (Å²) in [6.45, 7) is 4.35. The molecule has 1 aliphatic heterocycles. The Morgan fingerprint density at radius 3 is 2.58 bits per heavy atom. The van der Waals surface area contributed by atoms with Crippen molar-refractivity contribution in [3.8, 4) is 0 Å². The molecule has 1 spiro atoms. The normalized spacial score (nSPS) is 24.4. The van der Waals surface area contributed by atoms with Gasteiger partial charge in [-0.2, -0.15) is 0 Å². The van der Waals surface area contributed by atoms with Crippen LogP contribution in [-0.4, -0.2) is 18.9 Å². The highest BCUT2D eigenvalue weighted by atomic mass is 16.1. The zero-order valence-electron chi connectivity index (χ0n) is 11.7. The van der Waals surface area contributed by atoms with Crippen LogP contribution >= 0.6 is 0 Å². The van der Waals surface area contributed by atoms with Crippen molar-refractivity contribution < 1.29 is 4.79 Å². The molecular weight excluding hydrogens is 234 g/mol. The summed E-state index contributed by atoms with van der Waals surface area (Å²) >= 11 is 0. The first-order valence-electron chi connectivity index (χ1n) is 7.59. The van der Waals surface area contributed by atoms with Gasteiger partial charge >= 0.3 is 0 Å². The van der Waals surface area contributed by atoms with Gasteiger partial charge < -0.3 is 5.32 Å². The summed E-state index contributed by atoms with van der Waals surface area (Å²) in [7, 11) is 0. The van der Waals surface area contributed by atoms with E-state index in [0.717, 1.165) is 37.9 Å². The van der Waals surface area contributed by atoms with Crippen molar-refractivity contribution in [2.75, 3.05) is 13.1 Å². The second kappa shape index (κ2) is 5.09. The highest BCUT2D eigenvalue weighted by Gasteiger charge is 2.57. The van der Waals surface area contributed by atoms with Gasteiger partial charge in [0, 0.05) is 11.5 Å². The summed E-state index contributed by atoms with van der Waals surface area (Å²) in [6, 6.07) is 8.29. The number of hydrogen-bond donors (Lipinski definition) is 1. The lowest BCUT2D eigenvalue weighted by molar-refractivity contribution is 0.0940. The lowest BCUT2D eigenvalue weighted by Crippen LogP contribution is -2.30. The van der Waals surface area contributed by atoms with Gasteiger partial charge in [-0.25, -0.2) is 0 Å². The average molecular weight is 257 g/mol. The molecule has 3 rings (SSSR count). The maximum Gasteiger partial charge on any atom is 0.166 e. The van der Waals surface area contributed by atoms with Crippen LogP contribution in [0.25, 0.3) is 0 Å². The second-order valence-electron chi connectivity index (χ2n) is 6.18. The van der Waals surface area contributed by atoms with E-state index in [9.17, 15) is 4.79 Å². The van der Waals surface area contributed by atoms with Gasteiger partial charge in [-0.3, -0.25) is 4.79 Å². The van der Waals surface area contributed by atoms with E-state index in [1.165, 1.54) is 18.4 Å². The maximum absolute atomic E-state index is 12.5. The zero-order valence-corrected chi connectivity index (χ0v) is 11.7. The molecule has 0 radical (unpaired) electrons. The topological polar surface area (TPSA) is 29.1 Å². The van der Waals surface area contributed by atoms with Gasteiger partial charge in [0.2, 0.25) is 0 Å². The van der Waals surface area contributed by atoms with E-state index >= 15 is 0 Å². The molecule has 2 aliphatic rings. The number of aryl methyl sites for hydroxylation is 1. The van der Waals surface area contributed by atoms with E-state index in [0.29, 0.717) is 17.1 Å². The van der Waals surface area contributed by atoms with E-state index in [2.05, 4.69) is 24.4 Å². The Balaban J connectivity index is 1.68. The standard InChI is InChI=1S/C17H23NO/c1-2-3-13-4-6-14(7-5-13)16(19)15-12-17(15)8-10-18-11-9-17/h4-7,15,18H,2-3,8-12H2,1H3. The molecule has 2 nitrogen and oxygen atoms in total. The Labute approximate surface area is 115 Å². The molecule has 1 saturated heterocycles. The van der Waals surface area contributed by atoms with Gasteiger partial charge in [-0.15, -0.1) is 0 Å². The molecular formula is C17H23NO. The molecule has 1 atom stereocenters. The Hall–Kier alpha value is -1.15. The van der Waals surface area contributed by atoms with E-state index in [1.54, 1.807) is 0 Å². The van der Waals surface area contributed by atoms with Crippen LogP contribution in [0.4, 0.5) is 0 Å². The van der Waals surface area contributed by atoms with Crippen molar-refractivity contribution in [3.63, 3.8) is 0 Å². The van der Waals surface area contributed by atoms with Crippen molar-refractivity contribution in [3.05, 3.63) is 35.4 Å². The second-order valence-corrected chi connectivity index (χ2v) is 6.18. The number of benzene rings is 1. The lowest BCUT2D eigenvalue weighted by atomic mass is 9.89. The van der Waals surface area contributed by atoms with E-state index < -0.39 is 0 Å². The Bertz CT molecular complexity index is 457. The molecule has 2 heteroatoms. The van der Waals surface area contributed by atoms with Crippen LogP contribution in [-0.2, 0) is 6.42 Å². The molecule has 0 amide bonds. The van der Waals surface area contributed by atoms with Crippen LogP contribution in [0.1, 0.15) is 48.5 Å². The molecule has 1 unspecified atom stereocenters. The fourth-order valence-corrected chi connectivity index (χ4v) is 3.52. The Kier molecular flexibility index (Phi) is 3.44. The number of nitrogens with one attached hydrogen (secondary N) is 1. The third-order valence-electron chi connectivity index (χ3n) is 4.88. The minimum atomic E-state index is 0.298. The van der Waals surface area contributed by atoms with Gasteiger partial charge in [0.15, 0.2) is 5.78 Å². The molecule has 0 aromatic heterocycles. The molecule has 19 heavy (non-hydrogen) atoms. The summed E-state index contributed by atoms with van der Waals surface area (Å²) in [5, 5.41) is 3.39. The first-order chi connectivity index (χ1) is 9.25. The molecule has 1 heterocycles. The summed E-state index contributed by atoms with van der Waals surface area (Å²) in [5.74, 6) is 0.677. The third-order valence-corrected chi connectivity index (χ3v) is 4.88. The SMILES string of the molecule is CCCc1ccc(C(=O)C2CC23CCNCC3)cc1. The maximum atomic E-state index is 12.5. The van der Waals surface area contributed by atoms with Crippen LogP contribution in [0.15, 0.2) is 24.3 Å². The predicted molar refractivity (Wildman–Crippen MR) is 77.4 cm³/mol. The minimum Gasteiger partial charge on any atom is -0.317 e. The Morgan fingerprint density at radius 1 is 1.26 bits per heavy atom. The monoisotopic (exact) mass is 257 g/mol. The lowest BCUT2D eigenvalue weighted by Gasteiger charge is -2.23. The van der Waals surface area contributed by atoms with Crippen LogP contribution in [0.2, 0.25) is 0 Å². The molecule has 1 saturated carbocycles. The van der Waals surface area contributed by atoms with Crippen molar-refractivity contribution in [2.24, 2.45) is 11.3 Å². The predicted octanol–water partition coefficient (Wildman–Crippen LogP) is 3.21. The van der Waals surface area contributed by atoms with Crippen LogP contribution in [0, 0.1) is 11.3 Å². The van der Waals surface area contributed by atoms with Gasteiger partial charge in [-0.05, 0) is 49.8 Å². The molecule has 0 bridgehead atoms. The van der Waals surface area contributed by atoms with Crippen molar-refractivity contribution in [1.29, 1.82) is 0 Å². The third kappa shape index (κ3) is 2.46. The van der Waals surface area contributed by atoms with Crippen molar-refractivity contribution in [2.45, 2.75) is 39.0 Å². The largest absolute Gasteiger partial charge is 0.317 e. The number of Topliss-reactive ketones (excluding diaryl/α,β-unsaturated/α-hetero) is 1. The number of carbonyl (C=O) groups is 1. The van der Waals surface area contributed by atoms with Gasteiger partial charge in [-0.1, -0.05) is 37.6 Å². The molecule has 1 aliphatic carbocycles. The summed E-state index contributed by atoms with van der Waals surface area (Å²) < 4.78 is 0. The van der Waals surface area contributed by atoms with Crippen LogP contribution in [0.5, 0.6) is 0 Å². The van der Waals surface area contributed by atoms with Crippen molar-refractivity contribution >= 4 is 5.78 Å². The van der Waals surface area contributed by atoms with E-state index in [4.69, 9.17) is 0 Å². The Morgan fingerprint density at radius 2 is 1.95 bits per heavy atom. The van der Waals surface area contributed by atoms with Crippen molar-refractivity contribution in [1.82, 2.24) is 5.32 Å². The summed E-state index contributed by atoms with van der Waals surface area (Å²) in [4.78, 5) is 12.5. The van der Waals surface area contributed by atoms with E-state index in [1.807, 2.05) is 12.1 Å². The number of carbonyl (C=O) groups excluding carboxylic acids is 1. The van der Waals surface area contributed by atoms with Crippen LogP contribution < -0.4 is 5.32 Å². The summed E-state index contributed by atoms with van der Waals surface area (Å²) in [5.41, 5.74) is 2.61. The molecule has 1 aromatic rings. The summed E-state index contributed by atoms with van der Waals surface area (Å²) in [6.07, 6.45) is 5.73. The number of rotatable bonds is 4. The minimum absolute atomic E-state index is 0.298. The van der Waals surface area contributed by atoms with Gasteiger partial charge in [0.1, 0.15) is 0 Å². The fourth-order valence-electron chi connectivity index (χ4n) is 3.52. The highest BCUT2D eigenvalue weighted by molar-refractivity contribution is 6.00. The zero-order chi connectivity index (χ0) is 13.3. The number of piperidine rings is 1.